The van der Waals surface area contributed by atoms with E-state index < -0.39 is 0 Å². The van der Waals surface area contributed by atoms with Gasteiger partial charge >= 0.3 is 0 Å². The molecule has 2 aliphatic rings. The van der Waals surface area contributed by atoms with E-state index in [-0.39, 0.29) is 0 Å². The molecule has 1 aliphatic heterocycles. The number of hydrogen-bond donors (Lipinski definition) is 1. The van der Waals surface area contributed by atoms with Crippen LogP contribution in [0.15, 0.2) is 0 Å². The maximum absolute atomic E-state index is 3.70. The predicted molar refractivity (Wildman–Crippen MR) is 78.9 cm³/mol. The Labute approximate surface area is 114 Å². The van der Waals surface area contributed by atoms with Gasteiger partial charge in [0.05, 0.1) is 0 Å². The summed E-state index contributed by atoms with van der Waals surface area (Å²) in [6, 6.07) is 1.46. The Morgan fingerprint density at radius 3 is 2.28 bits per heavy atom. The molecule has 0 aromatic carbocycles. The van der Waals surface area contributed by atoms with Gasteiger partial charge in [0.1, 0.15) is 0 Å². The van der Waals surface area contributed by atoms with E-state index in [0.717, 1.165) is 12.0 Å². The summed E-state index contributed by atoms with van der Waals surface area (Å²) in [7, 11) is 0. The maximum Gasteiger partial charge on any atom is 0.0195 e. The highest BCUT2D eigenvalue weighted by molar-refractivity contribution is 4.80. The van der Waals surface area contributed by atoms with Crippen LogP contribution in [0.1, 0.15) is 65.2 Å². The molecule has 0 radical (unpaired) electrons. The van der Waals surface area contributed by atoms with Crippen molar-refractivity contribution in [3.63, 3.8) is 0 Å². The highest BCUT2D eigenvalue weighted by Crippen LogP contribution is 2.25. The fourth-order valence-corrected chi connectivity index (χ4v) is 3.56. The molecule has 1 unspecified atom stereocenters. The van der Waals surface area contributed by atoms with Crippen molar-refractivity contribution in [1.82, 2.24) is 10.2 Å². The van der Waals surface area contributed by atoms with Crippen molar-refractivity contribution in [1.29, 1.82) is 0 Å². The summed E-state index contributed by atoms with van der Waals surface area (Å²) in [6.45, 7) is 8.58. The number of hydrogen-bond acceptors (Lipinski definition) is 2. The van der Waals surface area contributed by atoms with Crippen molar-refractivity contribution >= 4 is 0 Å². The Morgan fingerprint density at radius 2 is 1.67 bits per heavy atom. The SMILES string of the molecule is CC(C)N(CC1CCCCC1)CC1CCCCN1. The van der Waals surface area contributed by atoms with E-state index in [1.165, 1.54) is 71.0 Å². The van der Waals surface area contributed by atoms with Gasteiger partial charge < -0.3 is 5.32 Å². The van der Waals surface area contributed by atoms with Gasteiger partial charge in [-0.2, -0.15) is 0 Å². The summed E-state index contributed by atoms with van der Waals surface area (Å²) in [5, 5.41) is 3.70. The molecule has 106 valence electrons. The van der Waals surface area contributed by atoms with E-state index in [0.29, 0.717) is 6.04 Å². The normalized spacial score (nSPS) is 27.0. The molecule has 1 saturated carbocycles. The summed E-state index contributed by atoms with van der Waals surface area (Å²) in [4.78, 5) is 2.74. The Bertz CT molecular complexity index is 195. The number of rotatable bonds is 5. The van der Waals surface area contributed by atoms with Crippen molar-refractivity contribution in [2.45, 2.75) is 77.3 Å². The van der Waals surface area contributed by atoms with Crippen molar-refractivity contribution in [3.8, 4) is 0 Å². The fourth-order valence-electron chi connectivity index (χ4n) is 3.56. The Kier molecular flexibility index (Phi) is 5.97. The molecule has 0 aromatic rings. The van der Waals surface area contributed by atoms with E-state index in [1.807, 2.05) is 0 Å². The third-order valence-electron chi connectivity index (χ3n) is 4.82. The predicted octanol–water partition coefficient (Wildman–Crippen LogP) is 3.42. The molecule has 0 bridgehead atoms. The van der Waals surface area contributed by atoms with Gasteiger partial charge in [0, 0.05) is 25.2 Å². The molecule has 2 rings (SSSR count). The maximum atomic E-state index is 3.70. The smallest absolute Gasteiger partial charge is 0.0195 e. The topological polar surface area (TPSA) is 15.3 Å². The molecule has 2 nitrogen and oxygen atoms in total. The quantitative estimate of drug-likeness (QED) is 0.806. The largest absolute Gasteiger partial charge is 0.313 e. The average Bonchev–Trinajstić information content (AvgIpc) is 2.40. The lowest BCUT2D eigenvalue weighted by molar-refractivity contribution is 0.143. The van der Waals surface area contributed by atoms with Gasteiger partial charge in [-0.05, 0) is 52.0 Å². The third kappa shape index (κ3) is 4.55. The fraction of sp³-hybridized carbons (Fsp3) is 1.00. The minimum absolute atomic E-state index is 0.704. The van der Waals surface area contributed by atoms with Crippen LogP contribution in [0.2, 0.25) is 0 Å². The zero-order valence-corrected chi connectivity index (χ0v) is 12.5. The van der Waals surface area contributed by atoms with Crippen LogP contribution >= 0.6 is 0 Å². The van der Waals surface area contributed by atoms with Gasteiger partial charge in [-0.1, -0.05) is 25.7 Å². The number of nitrogens with zero attached hydrogens (tertiary/aromatic N) is 1. The van der Waals surface area contributed by atoms with Crippen molar-refractivity contribution < 1.29 is 0 Å². The molecular weight excluding hydrogens is 220 g/mol. The second kappa shape index (κ2) is 7.49. The van der Waals surface area contributed by atoms with E-state index in [1.54, 1.807) is 0 Å². The first-order valence-electron chi connectivity index (χ1n) is 8.23. The van der Waals surface area contributed by atoms with Gasteiger partial charge in [0.15, 0.2) is 0 Å². The van der Waals surface area contributed by atoms with Crippen molar-refractivity contribution in [2.75, 3.05) is 19.6 Å². The third-order valence-corrected chi connectivity index (χ3v) is 4.82. The first-order valence-corrected chi connectivity index (χ1v) is 8.23. The van der Waals surface area contributed by atoms with Crippen LogP contribution in [0, 0.1) is 5.92 Å². The molecular formula is C16H32N2. The van der Waals surface area contributed by atoms with Crippen LogP contribution in [-0.4, -0.2) is 36.6 Å². The van der Waals surface area contributed by atoms with E-state index in [9.17, 15) is 0 Å². The molecule has 2 fully saturated rings. The average molecular weight is 252 g/mol. The van der Waals surface area contributed by atoms with Gasteiger partial charge in [0.25, 0.3) is 0 Å². The lowest BCUT2D eigenvalue weighted by atomic mass is 9.88. The Hall–Kier alpha value is -0.0800. The van der Waals surface area contributed by atoms with Crippen LogP contribution in [0.25, 0.3) is 0 Å². The Morgan fingerprint density at radius 1 is 0.944 bits per heavy atom. The van der Waals surface area contributed by atoms with Crippen LogP contribution in [0.3, 0.4) is 0 Å². The number of nitrogens with one attached hydrogen (secondary N) is 1. The molecule has 0 aromatic heterocycles. The van der Waals surface area contributed by atoms with Crippen LogP contribution < -0.4 is 5.32 Å². The summed E-state index contributed by atoms with van der Waals surface area (Å²) >= 11 is 0. The molecule has 0 spiro atoms. The molecule has 1 aliphatic carbocycles. The van der Waals surface area contributed by atoms with Gasteiger partial charge in [0.2, 0.25) is 0 Å². The van der Waals surface area contributed by atoms with Crippen LogP contribution in [0.4, 0.5) is 0 Å². The van der Waals surface area contributed by atoms with Crippen LogP contribution in [0.5, 0.6) is 0 Å². The van der Waals surface area contributed by atoms with E-state index in [4.69, 9.17) is 0 Å². The molecule has 1 heterocycles. The lowest BCUT2D eigenvalue weighted by Gasteiger charge is -2.36. The highest BCUT2D eigenvalue weighted by atomic mass is 15.2. The summed E-state index contributed by atoms with van der Waals surface area (Å²) in [5.41, 5.74) is 0. The first kappa shape index (κ1) is 14.3. The van der Waals surface area contributed by atoms with Crippen molar-refractivity contribution in [3.05, 3.63) is 0 Å². The Balaban J connectivity index is 1.78. The van der Waals surface area contributed by atoms with E-state index >= 15 is 0 Å². The molecule has 1 atom stereocenters. The first-order chi connectivity index (χ1) is 8.75. The number of piperidine rings is 1. The summed E-state index contributed by atoms with van der Waals surface area (Å²) in [5.74, 6) is 0.977. The molecule has 1 saturated heterocycles. The van der Waals surface area contributed by atoms with E-state index in [2.05, 4.69) is 24.1 Å². The monoisotopic (exact) mass is 252 g/mol. The van der Waals surface area contributed by atoms with Gasteiger partial charge in [-0.25, -0.2) is 0 Å². The molecule has 2 heteroatoms. The summed E-state index contributed by atoms with van der Waals surface area (Å²) in [6.07, 6.45) is 11.5. The van der Waals surface area contributed by atoms with Crippen molar-refractivity contribution in [2.24, 2.45) is 5.92 Å². The standard InChI is InChI=1S/C16H32N2/c1-14(2)18(12-15-8-4-3-5-9-15)13-16-10-6-7-11-17-16/h14-17H,3-13H2,1-2H3. The molecule has 18 heavy (non-hydrogen) atoms. The minimum atomic E-state index is 0.704. The summed E-state index contributed by atoms with van der Waals surface area (Å²) < 4.78 is 0. The molecule has 0 amide bonds. The zero-order valence-electron chi connectivity index (χ0n) is 12.5. The second-order valence-electron chi connectivity index (χ2n) is 6.70. The van der Waals surface area contributed by atoms with Crippen LogP contribution in [-0.2, 0) is 0 Å². The molecule has 1 N–H and O–H groups in total. The van der Waals surface area contributed by atoms with Gasteiger partial charge in [-0.15, -0.1) is 0 Å². The highest BCUT2D eigenvalue weighted by Gasteiger charge is 2.22. The second-order valence-corrected chi connectivity index (χ2v) is 6.70. The zero-order chi connectivity index (χ0) is 12.8. The lowest BCUT2D eigenvalue weighted by Crippen LogP contribution is -2.47. The van der Waals surface area contributed by atoms with Gasteiger partial charge in [-0.3, -0.25) is 4.90 Å². The minimum Gasteiger partial charge on any atom is -0.313 e.